The van der Waals surface area contributed by atoms with Crippen LogP contribution >= 0.6 is 0 Å². The van der Waals surface area contributed by atoms with E-state index in [1.807, 2.05) is 0 Å². The predicted molar refractivity (Wildman–Crippen MR) is 115 cm³/mol. The van der Waals surface area contributed by atoms with Crippen LogP contribution in [0.3, 0.4) is 0 Å². The Bertz CT molecular complexity index is 923. The molecule has 1 fully saturated rings. The molecule has 2 nitrogen and oxygen atoms in total. The highest BCUT2D eigenvalue weighted by molar-refractivity contribution is 5.49. The minimum Gasteiger partial charge on any atom is -0.261 e. The monoisotopic (exact) mass is 371 g/mol. The highest BCUT2D eigenvalue weighted by Crippen LogP contribution is 2.50. The lowest BCUT2D eigenvalue weighted by Gasteiger charge is -2.19. The van der Waals surface area contributed by atoms with E-state index in [2.05, 4.69) is 100 Å². The average molecular weight is 372 g/mol. The van der Waals surface area contributed by atoms with Crippen molar-refractivity contribution in [3.8, 4) is 0 Å². The number of hydrogen-bond donors (Lipinski definition) is 0. The standard InChI is InChI=1S/C26H29NO/c1-18-19(2)21(4)25(22(5)20(18)3)16-17-27-26(28-27,23-12-8-6-9-13-23)24-14-10-7-11-15-24/h6-15H,16-17H2,1-5H3. The molecule has 0 N–H and O–H groups in total. The van der Waals surface area contributed by atoms with Crippen molar-refractivity contribution >= 4 is 0 Å². The molecule has 0 spiro atoms. The predicted octanol–water partition coefficient (Wildman–Crippen LogP) is 5.92. The van der Waals surface area contributed by atoms with E-state index >= 15 is 0 Å². The molecule has 3 aromatic rings. The third kappa shape index (κ3) is 2.97. The zero-order chi connectivity index (χ0) is 19.9. The van der Waals surface area contributed by atoms with Crippen LogP contribution in [-0.4, -0.2) is 11.6 Å². The number of hydroxylamine groups is 2. The van der Waals surface area contributed by atoms with Gasteiger partial charge in [0.15, 0.2) is 0 Å². The van der Waals surface area contributed by atoms with E-state index in [9.17, 15) is 0 Å². The van der Waals surface area contributed by atoms with Crippen molar-refractivity contribution in [2.45, 2.75) is 46.8 Å². The fourth-order valence-electron chi connectivity index (χ4n) is 4.40. The molecule has 1 unspecified atom stereocenters. The van der Waals surface area contributed by atoms with Crippen LogP contribution in [0.2, 0.25) is 0 Å². The summed E-state index contributed by atoms with van der Waals surface area (Å²) < 4.78 is 0. The summed E-state index contributed by atoms with van der Waals surface area (Å²) in [4.78, 5) is 6.30. The Labute approximate surface area is 168 Å². The smallest absolute Gasteiger partial charge is 0.215 e. The number of nitrogens with zero attached hydrogens (tertiary/aromatic N) is 1. The van der Waals surface area contributed by atoms with Crippen molar-refractivity contribution in [1.82, 2.24) is 5.06 Å². The summed E-state index contributed by atoms with van der Waals surface area (Å²) in [6.45, 7) is 12.1. The number of rotatable bonds is 5. The van der Waals surface area contributed by atoms with Crippen LogP contribution in [0.15, 0.2) is 60.7 Å². The van der Waals surface area contributed by atoms with Gasteiger partial charge in [-0.3, -0.25) is 4.84 Å². The maximum Gasteiger partial charge on any atom is 0.215 e. The lowest BCUT2D eigenvalue weighted by molar-refractivity contribution is 0.196. The highest BCUT2D eigenvalue weighted by atomic mass is 16.9. The average Bonchev–Trinajstić information content (AvgIpc) is 3.47. The van der Waals surface area contributed by atoms with Gasteiger partial charge in [0.1, 0.15) is 0 Å². The first-order valence-electron chi connectivity index (χ1n) is 10.1. The molecular weight excluding hydrogens is 342 g/mol. The van der Waals surface area contributed by atoms with Crippen LogP contribution in [0.5, 0.6) is 0 Å². The summed E-state index contributed by atoms with van der Waals surface area (Å²) >= 11 is 0. The zero-order valence-electron chi connectivity index (χ0n) is 17.5. The Balaban J connectivity index is 1.64. The van der Waals surface area contributed by atoms with Gasteiger partial charge in [0, 0.05) is 17.7 Å². The Morgan fingerprint density at radius 3 is 1.54 bits per heavy atom. The van der Waals surface area contributed by atoms with Gasteiger partial charge in [-0.2, -0.15) is 0 Å². The molecule has 28 heavy (non-hydrogen) atoms. The van der Waals surface area contributed by atoms with Gasteiger partial charge in [-0.1, -0.05) is 60.7 Å². The third-order valence-corrected chi connectivity index (χ3v) is 6.61. The first kappa shape index (κ1) is 18.9. The van der Waals surface area contributed by atoms with E-state index in [1.54, 1.807) is 0 Å². The van der Waals surface area contributed by atoms with Crippen LogP contribution in [0.25, 0.3) is 0 Å². The molecule has 1 aliphatic heterocycles. The highest BCUT2D eigenvalue weighted by Gasteiger charge is 2.57. The lowest BCUT2D eigenvalue weighted by Crippen LogP contribution is -2.20. The van der Waals surface area contributed by atoms with E-state index in [1.165, 1.54) is 44.5 Å². The largest absolute Gasteiger partial charge is 0.261 e. The third-order valence-electron chi connectivity index (χ3n) is 6.61. The van der Waals surface area contributed by atoms with Crippen molar-refractivity contribution in [2.24, 2.45) is 0 Å². The molecule has 1 saturated heterocycles. The van der Waals surface area contributed by atoms with Gasteiger partial charge >= 0.3 is 0 Å². The Hall–Kier alpha value is -2.42. The molecular formula is C26H29NO. The molecule has 1 aliphatic rings. The molecule has 1 heterocycles. The van der Waals surface area contributed by atoms with Gasteiger partial charge in [0.2, 0.25) is 5.72 Å². The molecule has 144 valence electrons. The second-order valence-electron chi connectivity index (χ2n) is 7.92. The molecule has 2 heteroatoms. The van der Waals surface area contributed by atoms with Crippen LogP contribution in [0.4, 0.5) is 0 Å². The Morgan fingerprint density at radius 2 is 1.07 bits per heavy atom. The lowest BCUT2D eigenvalue weighted by atomic mass is 9.88. The van der Waals surface area contributed by atoms with Crippen LogP contribution in [0.1, 0.15) is 44.5 Å². The topological polar surface area (TPSA) is 15.5 Å². The summed E-state index contributed by atoms with van der Waals surface area (Å²) in [7, 11) is 0. The second kappa shape index (κ2) is 7.20. The Morgan fingerprint density at radius 1 is 0.643 bits per heavy atom. The molecule has 0 bridgehead atoms. The number of hydrogen-bond acceptors (Lipinski definition) is 2. The van der Waals surface area contributed by atoms with Crippen molar-refractivity contribution < 1.29 is 4.84 Å². The summed E-state index contributed by atoms with van der Waals surface area (Å²) in [5.74, 6) is 0. The molecule has 3 aromatic carbocycles. The van der Waals surface area contributed by atoms with E-state index in [4.69, 9.17) is 4.84 Å². The van der Waals surface area contributed by atoms with Crippen LogP contribution < -0.4 is 0 Å². The van der Waals surface area contributed by atoms with E-state index in [0.29, 0.717) is 0 Å². The fourth-order valence-corrected chi connectivity index (χ4v) is 4.40. The van der Waals surface area contributed by atoms with Crippen molar-refractivity contribution in [1.29, 1.82) is 0 Å². The van der Waals surface area contributed by atoms with Crippen molar-refractivity contribution in [3.63, 3.8) is 0 Å². The van der Waals surface area contributed by atoms with E-state index < -0.39 is 5.72 Å². The van der Waals surface area contributed by atoms with E-state index in [-0.39, 0.29) is 0 Å². The molecule has 0 amide bonds. The van der Waals surface area contributed by atoms with Gasteiger partial charge in [-0.25, -0.2) is 0 Å². The van der Waals surface area contributed by atoms with Crippen molar-refractivity contribution in [3.05, 3.63) is 105 Å². The fraction of sp³-hybridized carbons (Fsp3) is 0.308. The summed E-state index contributed by atoms with van der Waals surface area (Å²) in [5.41, 5.74) is 10.5. The summed E-state index contributed by atoms with van der Waals surface area (Å²) in [6, 6.07) is 21.1. The SMILES string of the molecule is Cc1c(C)c(C)c(CCN2OC2(c2ccccc2)c2ccccc2)c(C)c1C. The minimum absolute atomic E-state index is 0.459. The minimum atomic E-state index is -0.459. The van der Waals surface area contributed by atoms with Gasteiger partial charge in [-0.15, -0.1) is 5.06 Å². The first-order valence-corrected chi connectivity index (χ1v) is 10.1. The number of benzene rings is 3. The molecule has 0 aliphatic carbocycles. The van der Waals surface area contributed by atoms with Gasteiger partial charge in [-0.05, 0) is 74.4 Å². The molecule has 4 rings (SSSR count). The van der Waals surface area contributed by atoms with Crippen LogP contribution in [0, 0.1) is 34.6 Å². The molecule has 1 atom stereocenters. The van der Waals surface area contributed by atoms with Crippen molar-refractivity contribution in [2.75, 3.05) is 6.54 Å². The maximum absolute atomic E-state index is 6.30. The molecule has 0 saturated carbocycles. The van der Waals surface area contributed by atoms with E-state index in [0.717, 1.165) is 13.0 Å². The Kier molecular flexibility index (Phi) is 4.86. The normalized spacial score (nSPS) is 17.5. The summed E-state index contributed by atoms with van der Waals surface area (Å²) in [5, 5.41) is 2.14. The molecule has 0 radical (unpaired) electrons. The summed E-state index contributed by atoms with van der Waals surface area (Å²) in [6.07, 6.45) is 0.987. The van der Waals surface area contributed by atoms with Gasteiger partial charge in [0.05, 0.1) is 0 Å². The quantitative estimate of drug-likeness (QED) is 0.517. The van der Waals surface area contributed by atoms with Gasteiger partial charge in [0.25, 0.3) is 0 Å². The first-order chi connectivity index (χ1) is 13.5. The zero-order valence-corrected chi connectivity index (χ0v) is 17.5. The molecule has 0 aromatic heterocycles. The maximum atomic E-state index is 6.30. The second-order valence-corrected chi connectivity index (χ2v) is 7.92. The van der Waals surface area contributed by atoms with Gasteiger partial charge < -0.3 is 0 Å². The van der Waals surface area contributed by atoms with Crippen LogP contribution in [-0.2, 0) is 17.0 Å².